The fraction of sp³-hybridized carbons (Fsp3) is 0.556. The molecule has 0 saturated carbocycles. The Morgan fingerprint density at radius 3 is 2.96 bits per heavy atom. The molecule has 1 aromatic heterocycles. The van der Waals surface area contributed by atoms with E-state index in [4.69, 9.17) is 9.15 Å². The first-order chi connectivity index (χ1) is 11.7. The number of likely N-dealkylation sites (tertiary alicyclic amines) is 1. The van der Waals surface area contributed by atoms with Gasteiger partial charge in [-0.2, -0.15) is 0 Å². The highest BCUT2D eigenvalue weighted by molar-refractivity contribution is 5.80. The van der Waals surface area contributed by atoms with Crippen molar-refractivity contribution in [2.45, 2.75) is 26.2 Å². The van der Waals surface area contributed by atoms with Gasteiger partial charge in [0, 0.05) is 32.6 Å². The highest BCUT2D eigenvalue weighted by atomic mass is 16.5. The van der Waals surface area contributed by atoms with E-state index < -0.39 is 0 Å². The van der Waals surface area contributed by atoms with E-state index in [0.717, 1.165) is 44.1 Å². The summed E-state index contributed by atoms with van der Waals surface area (Å²) in [5, 5.41) is 3.30. The summed E-state index contributed by atoms with van der Waals surface area (Å²) in [6, 6.07) is 3.84. The first-order valence-corrected chi connectivity index (χ1v) is 8.57. The molecule has 1 saturated heterocycles. The van der Waals surface area contributed by atoms with Crippen LogP contribution in [0.2, 0.25) is 0 Å². The average molecular weight is 333 g/mol. The lowest BCUT2D eigenvalue weighted by atomic mass is 9.97. The fourth-order valence-corrected chi connectivity index (χ4v) is 2.75. The number of aliphatic imine (C=N–C) groups is 1. The first-order valence-electron chi connectivity index (χ1n) is 8.57. The standard InChI is InChI=1S/C18H27N3O3/c1-3-10-19-18(20-11-7-16-6-5-14-24-16)21-12-8-15(9-13-21)17(22)23-4-2/h3,5-6,14-15H,1,4,7-13H2,2H3,(H,19,20). The summed E-state index contributed by atoms with van der Waals surface area (Å²) in [5.74, 6) is 1.73. The fourth-order valence-electron chi connectivity index (χ4n) is 2.75. The number of ether oxygens (including phenoxy) is 1. The molecule has 1 aliphatic rings. The monoisotopic (exact) mass is 333 g/mol. The lowest BCUT2D eigenvalue weighted by Gasteiger charge is -2.33. The molecule has 6 nitrogen and oxygen atoms in total. The van der Waals surface area contributed by atoms with E-state index in [-0.39, 0.29) is 11.9 Å². The van der Waals surface area contributed by atoms with E-state index in [1.807, 2.05) is 25.1 Å². The molecule has 1 aliphatic heterocycles. The van der Waals surface area contributed by atoms with Crippen LogP contribution in [0.5, 0.6) is 0 Å². The number of hydrogen-bond donors (Lipinski definition) is 1. The number of esters is 1. The molecule has 0 bridgehead atoms. The van der Waals surface area contributed by atoms with Crippen molar-refractivity contribution in [2.75, 3.05) is 32.8 Å². The van der Waals surface area contributed by atoms with Crippen LogP contribution in [0.3, 0.4) is 0 Å². The largest absolute Gasteiger partial charge is 0.469 e. The van der Waals surface area contributed by atoms with E-state index in [1.165, 1.54) is 0 Å². The molecule has 0 aliphatic carbocycles. The van der Waals surface area contributed by atoms with Crippen LogP contribution in [0.1, 0.15) is 25.5 Å². The third kappa shape index (κ3) is 5.44. The van der Waals surface area contributed by atoms with Crippen molar-refractivity contribution in [1.82, 2.24) is 10.2 Å². The lowest BCUT2D eigenvalue weighted by molar-refractivity contribution is -0.149. The zero-order valence-corrected chi connectivity index (χ0v) is 14.4. The van der Waals surface area contributed by atoms with Crippen LogP contribution < -0.4 is 5.32 Å². The summed E-state index contributed by atoms with van der Waals surface area (Å²) in [4.78, 5) is 18.7. The zero-order valence-electron chi connectivity index (χ0n) is 14.4. The lowest BCUT2D eigenvalue weighted by Crippen LogP contribution is -2.47. The summed E-state index contributed by atoms with van der Waals surface area (Å²) in [6.45, 7) is 8.95. The normalized spacial score (nSPS) is 16.0. The van der Waals surface area contributed by atoms with Gasteiger partial charge in [-0.25, -0.2) is 0 Å². The van der Waals surface area contributed by atoms with Crippen molar-refractivity contribution in [3.63, 3.8) is 0 Å². The molecule has 0 amide bonds. The molecular formula is C18H27N3O3. The Bertz CT molecular complexity index is 532. The number of hydrogen-bond acceptors (Lipinski definition) is 4. The SMILES string of the molecule is C=CCNC(=NCCc1ccco1)N1CCC(C(=O)OCC)CC1. The van der Waals surface area contributed by atoms with Crippen LogP contribution in [0.15, 0.2) is 40.5 Å². The Labute approximate surface area is 143 Å². The maximum absolute atomic E-state index is 11.8. The minimum Gasteiger partial charge on any atom is -0.469 e. The topological polar surface area (TPSA) is 67.1 Å². The van der Waals surface area contributed by atoms with E-state index in [1.54, 1.807) is 6.26 Å². The van der Waals surface area contributed by atoms with Crippen molar-refractivity contribution in [1.29, 1.82) is 0 Å². The predicted molar refractivity (Wildman–Crippen MR) is 93.8 cm³/mol. The second-order valence-corrected chi connectivity index (χ2v) is 5.72. The predicted octanol–water partition coefficient (Wildman–Crippen LogP) is 2.23. The van der Waals surface area contributed by atoms with E-state index >= 15 is 0 Å². The molecule has 1 fully saturated rings. The van der Waals surface area contributed by atoms with Crippen molar-refractivity contribution in [3.8, 4) is 0 Å². The summed E-state index contributed by atoms with van der Waals surface area (Å²) in [5.41, 5.74) is 0. The minimum absolute atomic E-state index is 0.00460. The van der Waals surface area contributed by atoms with E-state index in [0.29, 0.717) is 19.7 Å². The minimum atomic E-state index is -0.0764. The average Bonchev–Trinajstić information content (AvgIpc) is 3.12. The molecule has 1 N–H and O–H groups in total. The van der Waals surface area contributed by atoms with Gasteiger partial charge in [0.15, 0.2) is 5.96 Å². The Hall–Kier alpha value is -2.24. The number of carbonyl (C=O) groups excluding carboxylic acids is 1. The summed E-state index contributed by atoms with van der Waals surface area (Å²) >= 11 is 0. The Kier molecular flexibility index (Phi) is 7.39. The van der Waals surface area contributed by atoms with Crippen molar-refractivity contribution < 1.29 is 13.9 Å². The summed E-state index contributed by atoms with van der Waals surface area (Å²) in [7, 11) is 0. The number of piperidine rings is 1. The second-order valence-electron chi connectivity index (χ2n) is 5.72. The molecule has 24 heavy (non-hydrogen) atoms. The van der Waals surface area contributed by atoms with Crippen LogP contribution in [-0.4, -0.2) is 49.6 Å². The Morgan fingerprint density at radius 1 is 1.54 bits per heavy atom. The third-order valence-electron chi connectivity index (χ3n) is 4.02. The quantitative estimate of drug-likeness (QED) is 0.359. The van der Waals surface area contributed by atoms with Crippen LogP contribution in [0, 0.1) is 5.92 Å². The summed E-state index contributed by atoms with van der Waals surface area (Å²) < 4.78 is 10.5. The van der Waals surface area contributed by atoms with Gasteiger partial charge in [-0.1, -0.05) is 6.08 Å². The van der Waals surface area contributed by atoms with Gasteiger partial charge in [-0.3, -0.25) is 9.79 Å². The van der Waals surface area contributed by atoms with Gasteiger partial charge in [-0.05, 0) is 31.9 Å². The maximum atomic E-state index is 11.8. The molecule has 0 atom stereocenters. The Balaban J connectivity index is 1.88. The molecule has 0 unspecified atom stereocenters. The number of carbonyl (C=O) groups is 1. The molecule has 0 aromatic carbocycles. The van der Waals surface area contributed by atoms with Crippen molar-refractivity contribution >= 4 is 11.9 Å². The maximum Gasteiger partial charge on any atom is 0.309 e. The van der Waals surface area contributed by atoms with Gasteiger partial charge in [0.25, 0.3) is 0 Å². The molecule has 6 heteroatoms. The van der Waals surface area contributed by atoms with Crippen LogP contribution in [-0.2, 0) is 16.0 Å². The number of nitrogens with one attached hydrogen (secondary N) is 1. The molecule has 132 valence electrons. The van der Waals surface area contributed by atoms with Crippen LogP contribution in [0.4, 0.5) is 0 Å². The molecule has 0 radical (unpaired) electrons. The first kappa shape index (κ1) is 18.1. The van der Waals surface area contributed by atoms with Crippen molar-refractivity contribution in [2.24, 2.45) is 10.9 Å². The summed E-state index contributed by atoms with van der Waals surface area (Å²) in [6.07, 6.45) is 5.85. The number of furan rings is 1. The smallest absolute Gasteiger partial charge is 0.309 e. The van der Waals surface area contributed by atoms with Gasteiger partial charge in [0.05, 0.1) is 18.8 Å². The van der Waals surface area contributed by atoms with Crippen LogP contribution >= 0.6 is 0 Å². The van der Waals surface area contributed by atoms with Gasteiger partial charge in [-0.15, -0.1) is 6.58 Å². The number of rotatable bonds is 7. The van der Waals surface area contributed by atoms with E-state index in [2.05, 4.69) is 21.8 Å². The second kappa shape index (κ2) is 9.80. The molecule has 1 aromatic rings. The van der Waals surface area contributed by atoms with Crippen molar-refractivity contribution in [3.05, 3.63) is 36.8 Å². The third-order valence-corrected chi connectivity index (χ3v) is 4.02. The molecular weight excluding hydrogens is 306 g/mol. The number of nitrogens with zero attached hydrogens (tertiary/aromatic N) is 2. The van der Waals surface area contributed by atoms with Gasteiger partial charge in [0.2, 0.25) is 0 Å². The van der Waals surface area contributed by atoms with Gasteiger partial charge in [0.1, 0.15) is 5.76 Å². The highest BCUT2D eigenvalue weighted by Gasteiger charge is 2.27. The van der Waals surface area contributed by atoms with Gasteiger partial charge < -0.3 is 19.4 Å². The van der Waals surface area contributed by atoms with E-state index in [9.17, 15) is 4.79 Å². The van der Waals surface area contributed by atoms with Crippen LogP contribution in [0.25, 0.3) is 0 Å². The molecule has 2 heterocycles. The molecule has 0 spiro atoms. The molecule has 2 rings (SSSR count). The van der Waals surface area contributed by atoms with Gasteiger partial charge >= 0.3 is 5.97 Å². The zero-order chi connectivity index (χ0) is 17.2. The number of guanidine groups is 1. The Morgan fingerprint density at radius 2 is 2.33 bits per heavy atom. The highest BCUT2D eigenvalue weighted by Crippen LogP contribution is 2.18.